The van der Waals surface area contributed by atoms with Gasteiger partial charge in [0, 0.05) is 56.7 Å². The van der Waals surface area contributed by atoms with Gasteiger partial charge in [0.2, 0.25) is 0 Å². The molecule has 3 heterocycles. The summed E-state index contributed by atoms with van der Waals surface area (Å²) in [6, 6.07) is 1.97. The Kier molecular flexibility index (Phi) is 4.17. The lowest BCUT2D eigenvalue weighted by atomic mass is 10.2. The average molecular weight is 287 g/mol. The third-order valence-electron chi connectivity index (χ3n) is 3.73. The maximum Gasteiger partial charge on any atom is 0.141 e. The highest BCUT2D eigenvalue weighted by Gasteiger charge is 2.14. The number of imidazole rings is 1. The average Bonchev–Trinajstić information content (AvgIpc) is 2.95. The van der Waals surface area contributed by atoms with Crippen LogP contribution < -0.4 is 10.1 Å². The van der Waals surface area contributed by atoms with Crippen molar-refractivity contribution >= 4 is 0 Å². The van der Waals surface area contributed by atoms with Crippen LogP contribution in [0.3, 0.4) is 0 Å². The minimum Gasteiger partial charge on any atom is -0.496 e. The van der Waals surface area contributed by atoms with E-state index in [1.165, 1.54) is 0 Å². The molecule has 1 fully saturated rings. The molecule has 0 amide bonds. The van der Waals surface area contributed by atoms with Gasteiger partial charge in [-0.1, -0.05) is 0 Å². The van der Waals surface area contributed by atoms with Crippen molar-refractivity contribution in [3.05, 3.63) is 36.0 Å². The molecule has 1 N–H and O–H groups in total. The predicted octanol–water partition coefficient (Wildman–Crippen LogP) is 0.990. The van der Waals surface area contributed by atoms with Crippen molar-refractivity contribution in [2.45, 2.75) is 13.5 Å². The first-order valence-corrected chi connectivity index (χ1v) is 7.23. The van der Waals surface area contributed by atoms with E-state index in [2.05, 4.69) is 20.2 Å². The number of piperazine rings is 1. The first-order chi connectivity index (χ1) is 10.3. The maximum atomic E-state index is 5.54. The summed E-state index contributed by atoms with van der Waals surface area (Å²) in [6.45, 7) is 7.05. The van der Waals surface area contributed by atoms with Gasteiger partial charge in [-0.15, -0.1) is 0 Å². The number of hydrogen-bond donors (Lipinski definition) is 1. The standard InChI is InChI=1S/C15H21N5O/c1-12-9-20(11-18-12)15-7-14(21-2)13(8-17-15)10-19-5-3-16-4-6-19/h7-9,11,16H,3-6,10H2,1-2H3. The molecular formula is C15H21N5O. The van der Waals surface area contributed by atoms with Gasteiger partial charge >= 0.3 is 0 Å². The molecule has 0 atom stereocenters. The lowest BCUT2D eigenvalue weighted by Gasteiger charge is -2.27. The molecule has 6 nitrogen and oxygen atoms in total. The number of pyridine rings is 1. The van der Waals surface area contributed by atoms with Crippen LogP contribution in [0.4, 0.5) is 0 Å². The molecule has 1 saturated heterocycles. The topological polar surface area (TPSA) is 55.2 Å². The summed E-state index contributed by atoms with van der Waals surface area (Å²) in [6.07, 6.45) is 5.64. The molecular weight excluding hydrogens is 266 g/mol. The molecule has 1 aliphatic heterocycles. The Balaban J connectivity index is 1.81. The largest absolute Gasteiger partial charge is 0.496 e. The van der Waals surface area contributed by atoms with Crippen molar-refractivity contribution in [3.8, 4) is 11.6 Å². The second-order valence-corrected chi connectivity index (χ2v) is 5.30. The maximum absolute atomic E-state index is 5.54. The number of ether oxygens (including phenoxy) is 1. The number of aromatic nitrogens is 3. The van der Waals surface area contributed by atoms with Gasteiger partial charge in [0.1, 0.15) is 17.9 Å². The van der Waals surface area contributed by atoms with Crippen molar-refractivity contribution in [2.24, 2.45) is 0 Å². The summed E-state index contributed by atoms with van der Waals surface area (Å²) in [7, 11) is 1.71. The summed E-state index contributed by atoms with van der Waals surface area (Å²) in [4.78, 5) is 11.2. The van der Waals surface area contributed by atoms with Gasteiger partial charge in [-0.2, -0.15) is 0 Å². The molecule has 0 radical (unpaired) electrons. The van der Waals surface area contributed by atoms with E-state index in [4.69, 9.17) is 4.74 Å². The van der Waals surface area contributed by atoms with E-state index in [1.807, 2.05) is 30.0 Å². The van der Waals surface area contributed by atoms with E-state index in [0.29, 0.717) is 0 Å². The summed E-state index contributed by atoms with van der Waals surface area (Å²) < 4.78 is 7.45. The number of rotatable bonds is 4. The molecule has 0 saturated carbocycles. The summed E-state index contributed by atoms with van der Waals surface area (Å²) in [5.41, 5.74) is 2.10. The minimum absolute atomic E-state index is 0.830. The van der Waals surface area contributed by atoms with Crippen molar-refractivity contribution in [1.29, 1.82) is 0 Å². The Bertz CT molecular complexity index is 604. The van der Waals surface area contributed by atoms with Crippen LogP contribution in [0.1, 0.15) is 11.3 Å². The van der Waals surface area contributed by atoms with E-state index in [9.17, 15) is 0 Å². The Morgan fingerprint density at radius 2 is 2.10 bits per heavy atom. The third kappa shape index (κ3) is 3.22. The van der Waals surface area contributed by atoms with Gasteiger partial charge < -0.3 is 10.1 Å². The predicted molar refractivity (Wildman–Crippen MR) is 80.8 cm³/mol. The molecule has 3 rings (SSSR count). The van der Waals surface area contributed by atoms with Crippen LogP contribution in [0.15, 0.2) is 24.8 Å². The van der Waals surface area contributed by atoms with E-state index in [-0.39, 0.29) is 0 Å². The number of aryl methyl sites for hydroxylation is 1. The molecule has 6 heteroatoms. The molecule has 0 spiro atoms. The van der Waals surface area contributed by atoms with Crippen LogP contribution in [-0.4, -0.2) is 52.7 Å². The second kappa shape index (κ2) is 6.24. The first-order valence-electron chi connectivity index (χ1n) is 7.23. The smallest absolute Gasteiger partial charge is 0.141 e. The van der Waals surface area contributed by atoms with E-state index in [0.717, 1.165) is 55.5 Å². The number of nitrogens with one attached hydrogen (secondary N) is 1. The normalized spacial score (nSPS) is 16.1. The van der Waals surface area contributed by atoms with Crippen LogP contribution in [0.25, 0.3) is 5.82 Å². The fourth-order valence-electron chi connectivity index (χ4n) is 2.56. The number of methoxy groups -OCH3 is 1. The summed E-state index contributed by atoms with van der Waals surface area (Å²) >= 11 is 0. The zero-order valence-corrected chi connectivity index (χ0v) is 12.5. The highest BCUT2D eigenvalue weighted by Crippen LogP contribution is 2.22. The van der Waals surface area contributed by atoms with Gasteiger partial charge in [-0.05, 0) is 6.92 Å². The van der Waals surface area contributed by atoms with Gasteiger partial charge in [0.15, 0.2) is 0 Å². The molecule has 1 aliphatic rings. The van der Waals surface area contributed by atoms with Crippen LogP contribution in [0.2, 0.25) is 0 Å². The second-order valence-electron chi connectivity index (χ2n) is 5.30. The van der Waals surface area contributed by atoms with Gasteiger partial charge in [-0.3, -0.25) is 9.47 Å². The van der Waals surface area contributed by atoms with Crippen molar-refractivity contribution < 1.29 is 4.74 Å². The van der Waals surface area contributed by atoms with Crippen LogP contribution in [-0.2, 0) is 6.54 Å². The van der Waals surface area contributed by atoms with Crippen molar-refractivity contribution in [2.75, 3.05) is 33.3 Å². The monoisotopic (exact) mass is 287 g/mol. The fourth-order valence-corrected chi connectivity index (χ4v) is 2.56. The number of nitrogens with zero attached hydrogens (tertiary/aromatic N) is 4. The third-order valence-corrected chi connectivity index (χ3v) is 3.73. The molecule has 2 aromatic heterocycles. The fraction of sp³-hybridized carbons (Fsp3) is 0.467. The summed E-state index contributed by atoms with van der Waals surface area (Å²) in [5, 5.41) is 3.36. The molecule has 112 valence electrons. The van der Waals surface area contributed by atoms with E-state index < -0.39 is 0 Å². The van der Waals surface area contributed by atoms with Crippen molar-refractivity contribution in [1.82, 2.24) is 24.8 Å². The summed E-state index contributed by atoms with van der Waals surface area (Å²) in [5.74, 6) is 1.71. The zero-order valence-electron chi connectivity index (χ0n) is 12.5. The van der Waals surface area contributed by atoms with E-state index >= 15 is 0 Å². The SMILES string of the molecule is COc1cc(-n2cnc(C)c2)ncc1CN1CCNCC1. The van der Waals surface area contributed by atoms with Crippen LogP contribution in [0.5, 0.6) is 5.75 Å². The quantitative estimate of drug-likeness (QED) is 0.909. The first kappa shape index (κ1) is 14.0. The Morgan fingerprint density at radius 3 is 2.76 bits per heavy atom. The molecule has 0 aromatic carbocycles. The van der Waals surface area contributed by atoms with E-state index in [1.54, 1.807) is 13.4 Å². The molecule has 21 heavy (non-hydrogen) atoms. The molecule has 0 unspecified atom stereocenters. The molecule has 2 aromatic rings. The van der Waals surface area contributed by atoms with Gasteiger partial charge in [0.05, 0.1) is 12.8 Å². The Labute approximate surface area is 124 Å². The minimum atomic E-state index is 0.830. The Morgan fingerprint density at radius 1 is 1.29 bits per heavy atom. The van der Waals surface area contributed by atoms with Crippen LogP contribution in [0, 0.1) is 6.92 Å². The number of hydrogen-bond acceptors (Lipinski definition) is 5. The lowest BCUT2D eigenvalue weighted by Crippen LogP contribution is -2.42. The highest BCUT2D eigenvalue weighted by atomic mass is 16.5. The highest BCUT2D eigenvalue weighted by molar-refractivity contribution is 5.39. The van der Waals surface area contributed by atoms with Crippen molar-refractivity contribution in [3.63, 3.8) is 0 Å². The van der Waals surface area contributed by atoms with Gasteiger partial charge in [0.25, 0.3) is 0 Å². The Hall–Kier alpha value is -1.92. The zero-order chi connectivity index (χ0) is 14.7. The van der Waals surface area contributed by atoms with Crippen LogP contribution >= 0.6 is 0 Å². The molecule has 0 bridgehead atoms. The molecule has 0 aliphatic carbocycles. The lowest BCUT2D eigenvalue weighted by molar-refractivity contribution is 0.230. The van der Waals surface area contributed by atoms with Gasteiger partial charge in [-0.25, -0.2) is 9.97 Å².